The predicted octanol–water partition coefficient (Wildman–Crippen LogP) is 3.91. The Hall–Kier alpha value is -2.82. The Morgan fingerprint density at radius 1 is 1.26 bits per heavy atom. The maximum absolute atomic E-state index is 13.6. The van der Waals surface area contributed by atoms with Gasteiger partial charge in [0.1, 0.15) is 12.4 Å². The van der Waals surface area contributed by atoms with Crippen LogP contribution in [0.15, 0.2) is 47.2 Å². The van der Waals surface area contributed by atoms with Gasteiger partial charge in [0.25, 0.3) is 11.6 Å². The van der Waals surface area contributed by atoms with Gasteiger partial charge in [-0.15, -0.1) is 0 Å². The molecule has 0 radical (unpaired) electrons. The molecule has 0 saturated heterocycles. The third kappa shape index (κ3) is 5.09. The third-order valence-electron chi connectivity index (χ3n) is 4.82. The van der Waals surface area contributed by atoms with E-state index in [0.717, 1.165) is 18.4 Å². The lowest BCUT2D eigenvalue weighted by atomic mass is 10.1. The molecule has 1 aromatic carbocycles. The van der Waals surface area contributed by atoms with Crippen molar-refractivity contribution in [3.63, 3.8) is 0 Å². The molecule has 9 nitrogen and oxygen atoms in total. The van der Waals surface area contributed by atoms with Gasteiger partial charge in [-0.2, -0.15) is 0 Å². The number of rotatable bonds is 9. The number of hydrogen-bond acceptors (Lipinski definition) is 6. The number of aromatic nitrogens is 2. The van der Waals surface area contributed by atoms with E-state index in [1.54, 1.807) is 24.3 Å². The van der Waals surface area contributed by atoms with E-state index < -0.39 is 4.92 Å². The lowest BCUT2D eigenvalue weighted by Crippen LogP contribution is -2.34. The van der Waals surface area contributed by atoms with E-state index >= 15 is 0 Å². The van der Waals surface area contributed by atoms with Crippen LogP contribution in [0, 0.1) is 10.1 Å². The highest BCUT2D eigenvalue weighted by Crippen LogP contribution is 2.30. The number of ether oxygens (including phenoxy) is 1. The van der Waals surface area contributed by atoms with E-state index in [2.05, 4.69) is 20.9 Å². The second kappa shape index (κ2) is 9.99. The normalized spacial score (nSPS) is 11.3. The number of nitro benzene ring substituents is 1. The molecule has 3 rings (SSSR count). The van der Waals surface area contributed by atoms with E-state index in [-0.39, 0.29) is 17.2 Å². The van der Waals surface area contributed by atoms with Gasteiger partial charge in [-0.3, -0.25) is 14.9 Å². The molecule has 31 heavy (non-hydrogen) atoms. The highest BCUT2D eigenvalue weighted by atomic mass is 79.9. The first-order chi connectivity index (χ1) is 14.8. The van der Waals surface area contributed by atoms with Crippen LogP contribution in [0.2, 0.25) is 0 Å². The zero-order valence-corrected chi connectivity index (χ0v) is 19.2. The van der Waals surface area contributed by atoms with E-state index in [4.69, 9.17) is 4.74 Å². The SMILES string of the molecule is COCn1ccc2c(N(CCCN(C)C)C(=O)c3cc([N+](=O)[O-])ccc3Br)ccnc21. The van der Waals surface area contributed by atoms with Crippen LogP contribution >= 0.6 is 15.9 Å². The van der Waals surface area contributed by atoms with E-state index in [1.165, 1.54) is 18.2 Å². The van der Waals surface area contributed by atoms with Gasteiger partial charge in [0.05, 0.1) is 16.2 Å². The molecule has 0 fully saturated rings. The van der Waals surface area contributed by atoms with Crippen molar-refractivity contribution in [3.8, 4) is 0 Å². The quantitative estimate of drug-likeness (QED) is 0.334. The zero-order valence-electron chi connectivity index (χ0n) is 17.6. The van der Waals surface area contributed by atoms with Gasteiger partial charge >= 0.3 is 0 Å². The summed E-state index contributed by atoms with van der Waals surface area (Å²) in [4.78, 5) is 32.5. The Labute approximate surface area is 188 Å². The number of halogens is 1. The Morgan fingerprint density at radius 2 is 2.03 bits per heavy atom. The Balaban J connectivity index is 2.07. The van der Waals surface area contributed by atoms with Crippen LogP contribution in [0.25, 0.3) is 11.0 Å². The number of non-ortho nitro benzene ring substituents is 1. The van der Waals surface area contributed by atoms with Gasteiger partial charge in [0, 0.05) is 48.0 Å². The molecular weight excluding hydrogens is 466 g/mol. The van der Waals surface area contributed by atoms with E-state index in [0.29, 0.717) is 29.1 Å². The van der Waals surface area contributed by atoms with E-state index in [1.807, 2.05) is 35.8 Å². The Morgan fingerprint density at radius 3 is 2.71 bits per heavy atom. The summed E-state index contributed by atoms with van der Waals surface area (Å²) < 4.78 is 7.58. The molecule has 1 amide bonds. The molecule has 164 valence electrons. The Bertz CT molecular complexity index is 1100. The number of nitro groups is 1. The van der Waals surface area contributed by atoms with Crippen molar-refractivity contribution in [2.24, 2.45) is 0 Å². The van der Waals surface area contributed by atoms with Gasteiger partial charge < -0.3 is 19.1 Å². The number of pyridine rings is 1. The number of carbonyl (C=O) groups is 1. The fraction of sp³-hybridized carbons (Fsp3) is 0.333. The average molecular weight is 490 g/mol. The minimum atomic E-state index is -0.505. The maximum atomic E-state index is 13.6. The molecule has 0 bridgehead atoms. The first-order valence-electron chi connectivity index (χ1n) is 9.66. The van der Waals surface area contributed by atoms with Crippen molar-refractivity contribution in [3.05, 3.63) is 62.9 Å². The van der Waals surface area contributed by atoms with Crippen molar-refractivity contribution in [2.45, 2.75) is 13.2 Å². The third-order valence-corrected chi connectivity index (χ3v) is 5.51. The van der Waals surface area contributed by atoms with Crippen LogP contribution in [0.3, 0.4) is 0 Å². The number of carbonyl (C=O) groups excluding carboxylic acids is 1. The molecular formula is C21H24BrN5O4. The van der Waals surface area contributed by atoms with Crippen LogP contribution in [-0.2, 0) is 11.5 Å². The average Bonchev–Trinajstić information content (AvgIpc) is 3.14. The van der Waals surface area contributed by atoms with Crippen molar-refractivity contribution in [1.29, 1.82) is 0 Å². The lowest BCUT2D eigenvalue weighted by Gasteiger charge is -2.25. The summed E-state index contributed by atoms with van der Waals surface area (Å²) in [5, 5.41) is 12.1. The summed E-state index contributed by atoms with van der Waals surface area (Å²) in [7, 11) is 5.55. The van der Waals surface area contributed by atoms with Gasteiger partial charge in [0.15, 0.2) is 0 Å². The Kier molecular flexibility index (Phi) is 7.37. The van der Waals surface area contributed by atoms with Crippen LogP contribution in [0.4, 0.5) is 11.4 Å². The molecule has 2 heterocycles. The molecule has 10 heteroatoms. The van der Waals surface area contributed by atoms with Crippen LogP contribution in [0.5, 0.6) is 0 Å². The minimum absolute atomic E-state index is 0.133. The van der Waals surface area contributed by atoms with Gasteiger partial charge in [-0.25, -0.2) is 4.98 Å². The fourth-order valence-electron chi connectivity index (χ4n) is 3.37. The molecule has 0 saturated carbocycles. The summed E-state index contributed by atoms with van der Waals surface area (Å²) >= 11 is 3.38. The van der Waals surface area contributed by atoms with E-state index in [9.17, 15) is 14.9 Å². The second-order valence-corrected chi connectivity index (χ2v) is 8.16. The molecule has 3 aromatic rings. The first kappa shape index (κ1) is 22.9. The molecule has 0 aliphatic rings. The van der Waals surface area contributed by atoms with Crippen LogP contribution in [-0.4, -0.2) is 59.6 Å². The zero-order chi connectivity index (χ0) is 22.5. The molecule has 0 aliphatic heterocycles. The number of nitrogens with zero attached hydrogens (tertiary/aromatic N) is 5. The largest absolute Gasteiger partial charge is 0.364 e. The number of fused-ring (bicyclic) bond motifs is 1. The van der Waals surface area contributed by atoms with Gasteiger partial charge in [-0.05, 0) is 61.2 Å². The summed E-state index contributed by atoms with van der Waals surface area (Å²) in [6.07, 6.45) is 4.24. The summed E-state index contributed by atoms with van der Waals surface area (Å²) in [5.41, 5.74) is 1.50. The molecule has 0 aliphatic carbocycles. The number of hydrogen-bond donors (Lipinski definition) is 0. The number of benzene rings is 1. The molecule has 0 unspecified atom stereocenters. The highest BCUT2D eigenvalue weighted by Gasteiger charge is 2.24. The first-order valence-corrected chi connectivity index (χ1v) is 10.5. The second-order valence-electron chi connectivity index (χ2n) is 7.31. The van der Waals surface area contributed by atoms with Gasteiger partial charge in [-0.1, -0.05) is 0 Å². The number of anilines is 1. The van der Waals surface area contributed by atoms with Crippen molar-refractivity contribution < 1.29 is 14.5 Å². The molecule has 0 atom stereocenters. The maximum Gasteiger partial charge on any atom is 0.270 e. The van der Waals surface area contributed by atoms with Crippen LogP contribution < -0.4 is 4.90 Å². The molecule has 2 aromatic heterocycles. The molecule has 0 N–H and O–H groups in total. The van der Waals surface area contributed by atoms with Crippen molar-refractivity contribution in [2.75, 3.05) is 39.2 Å². The van der Waals surface area contributed by atoms with Crippen molar-refractivity contribution >= 4 is 44.2 Å². The summed E-state index contributed by atoms with van der Waals surface area (Å²) in [5.74, 6) is -0.318. The lowest BCUT2D eigenvalue weighted by molar-refractivity contribution is -0.384. The molecule has 0 spiro atoms. The van der Waals surface area contributed by atoms with Crippen molar-refractivity contribution in [1.82, 2.24) is 14.5 Å². The monoisotopic (exact) mass is 489 g/mol. The highest BCUT2D eigenvalue weighted by molar-refractivity contribution is 9.10. The predicted molar refractivity (Wildman–Crippen MR) is 122 cm³/mol. The standard InChI is InChI=1S/C21H24BrN5O4/c1-24(2)10-4-11-26(21(28)17-13-15(27(29)30)5-6-18(17)22)19-7-9-23-20-16(19)8-12-25(20)14-31-3/h5-9,12-13H,4,10-11,14H2,1-3H3. The summed E-state index contributed by atoms with van der Waals surface area (Å²) in [6.45, 7) is 1.57. The van der Waals surface area contributed by atoms with Gasteiger partial charge in [0.2, 0.25) is 0 Å². The summed E-state index contributed by atoms with van der Waals surface area (Å²) in [6, 6.07) is 7.89. The van der Waals surface area contributed by atoms with Crippen LogP contribution in [0.1, 0.15) is 16.8 Å². The smallest absolute Gasteiger partial charge is 0.270 e. The number of amides is 1. The minimum Gasteiger partial charge on any atom is -0.364 e. The topological polar surface area (TPSA) is 93.7 Å². The fourth-order valence-corrected chi connectivity index (χ4v) is 3.78. The number of methoxy groups -OCH3 is 1.